The number of hydrogen-bond donors (Lipinski definition) is 1. The average molecular weight is 362 g/mol. The summed E-state index contributed by atoms with van der Waals surface area (Å²) in [6, 6.07) is 4.99. The van der Waals surface area contributed by atoms with Gasteiger partial charge in [-0.2, -0.15) is 4.98 Å². The van der Waals surface area contributed by atoms with Crippen LogP contribution in [0.2, 0.25) is 0 Å². The van der Waals surface area contributed by atoms with Crippen LogP contribution in [-0.4, -0.2) is 35.4 Å². The maximum atomic E-state index is 14.7. The van der Waals surface area contributed by atoms with E-state index < -0.39 is 0 Å². The van der Waals surface area contributed by atoms with Gasteiger partial charge in [0.2, 0.25) is 5.89 Å². The van der Waals surface area contributed by atoms with Gasteiger partial charge in [0.05, 0.1) is 17.9 Å². The first-order valence-electron chi connectivity index (χ1n) is 9.13. The third-order valence-corrected chi connectivity index (χ3v) is 4.44. The third-order valence-electron chi connectivity index (χ3n) is 4.44. The fraction of sp³-hybridized carbons (Fsp3) is 0.579. The van der Waals surface area contributed by atoms with E-state index in [1.54, 1.807) is 0 Å². The number of aromatic nitrogens is 2. The summed E-state index contributed by atoms with van der Waals surface area (Å²) < 4.78 is 25.7. The molecule has 0 amide bonds. The Morgan fingerprint density at radius 2 is 1.88 bits per heavy atom. The summed E-state index contributed by atoms with van der Waals surface area (Å²) in [7, 11) is 0. The molecule has 7 heteroatoms. The fourth-order valence-corrected chi connectivity index (χ4v) is 3.20. The number of morpholine rings is 1. The van der Waals surface area contributed by atoms with Gasteiger partial charge in [-0.05, 0) is 39.0 Å². The quantitative estimate of drug-likeness (QED) is 0.863. The Morgan fingerprint density at radius 1 is 1.19 bits per heavy atom. The first-order valence-corrected chi connectivity index (χ1v) is 9.13. The van der Waals surface area contributed by atoms with Crippen molar-refractivity contribution >= 4 is 11.4 Å². The molecular formula is C19H27FN4O2. The SMILES string of the molecule is CC(C)c1noc([C@@H](C)Nc2ccc(N3C[C@@H](C)O[C@@H](C)C3)c(F)c2)n1. The van der Waals surface area contributed by atoms with E-state index in [4.69, 9.17) is 9.26 Å². The second kappa shape index (κ2) is 7.61. The molecule has 26 heavy (non-hydrogen) atoms. The number of nitrogens with one attached hydrogen (secondary N) is 1. The van der Waals surface area contributed by atoms with E-state index in [-0.39, 0.29) is 30.0 Å². The Hall–Kier alpha value is -2.15. The van der Waals surface area contributed by atoms with Gasteiger partial charge in [-0.3, -0.25) is 0 Å². The maximum Gasteiger partial charge on any atom is 0.248 e. The second-order valence-electron chi connectivity index (χ2n) is 7.34. The van der Waals surface area contributed by atoms with E-state index in [0.717, 1.165) is 0 Å². The van der Waals surface area contributed by atoms with Gasteiger partial charge in [-0.1, -0.05) is 19.0 Å². The number of hydrogen-bond acceptors (Lipinski definition) is 6. The molecule has 1 fully saturated rings. The van der Waals surface area contributed by atoms with Crippen LogP contribution < -0.4 is 10.2 Å². The largest absolute Gasteiger partial charge is 0.374 e. The van der Waals surface area contributed by atoms with Gasteiger partial charge >= 0.3 is 0 Å². The molecule has 6 nitrogen and oxygen atoms in total. The Bertz CT molecular complexity index is 739. The monoisotopic (exact) mass is 362 g/mol. The van der Waals surface area contributed by atoms with Crippen LogP contribution in [0.3, 0.4) is 0 Å². The molecule has 1 aromatic heterocycles. The van der Waals surface area contributed by atoms with Crippen LogP contribution in [0, 0.1) is 5.82 Å². The lowest BCUT2D eigenvalue weighted by Gasteiger charge is -2.37. The first kappa shape index (κ1) is 18.6. The minimum Gasteiger partial charge on any atom is -0.374 e. The lowest BCUT2D eigenvalue weighted by molar-refractivity contribution is -0.00539. The molecule has 0 saturated carbocycles. The lowest BCUT2D eigenvalue weighted by Crippen LogP contribution is -2.45. The zero-order valence-electron chi connectivity index (χ0n) is 16.0. The van der Waals surface area contributed by atoms with Crippen molar-refractivity contribution < 1.29 is 13.7 Å². The molecule has 1 N–H and O–H groups in total. The van der Waals surface area contributed by atoms with Gasteiger partial charge in [0.25, 0.3) is 0 Å². The summed E-state index contributed by atoms with van der Waals surface area (Å²) in [6.07, 6.45) is 0.173. The van der Waals surface area contributed by atoms with Crippen molar-refractivity contribution in [3.63, 3.8) is 0 Å². The Labute approximate surface area is 153 Å². The van der Waals surface area contributed by atoms with E-state index in [2.05, 4.69) is 15.5 Å². The second-order valence-corrected chi connectivity index (χ2v) is 7.34. The molecule has 1 aliphatic rings. The molecule has 142 valence electrons. The van der Waals surface area contributed by atoms with E-state index >= 15 is 0 Å². The average Bonchev–Trinajstić information content (AvgIpc) is 3.04. The van der Waals surface area contributed by atoms with Gasteiger partial charge in [-0.25, -0.2) is 4.39 Å². The highest BCUT2D eigenvalue weighted by Gasteiger charge is 2.24. The van der Waals surface area contributed by atoms with Crippen molar-refractivity contribution in [2.75, 3.05) is 23.3 Å². The smallest absolute Gasteiger partial charge is 0.248 e. The van der Waals surface area contributed by atoms with Gasteiger partial charge in [0.15, 0.2) is 5.82 Å². The van der Waals surface area contributed by atoms with Crippen LogP contribution >= 0.6 is 0 Å². The summed E-state index contributed by atoms with van der Waals surface area (Å²) in [5.74, 6) is 1.12. The standard InChI is InChI=1S/C19H27FN4O2/c1-11(2)18-22-19(26-23-18)14(5)21-15-6-7-17(16(20)8-15)24-9-12(3)25-13(4)10-24/h6-8,11-14,21H,9-10H2,1-5H3/t12-,13+,14-/m1/s1. The first-order chi connectivity index (χ1) is 12.3. The molecule has 1 aliphatic heterocycles. The molecule has 0 aliphatic carbocycles. The molecule has 3 rings (SSSR count). The topological polar surface area (TPSA) is 63.4 Å². The predicted octanol–water partition coefficient (Wildman–Crippen LogP) is 4.12. The van der Waals surface area contributed by atoms with Crippen LogP contribution in [-0.2, 0) is 4.74 Å². The summed E-state index contributed by atoms with van der Waals surface area (Å²) in [6.45, 7) is 11.3. The summed E-state index contributed by atoms with van der Waals surface area (Å²) in [5, 5.41) is 7.19. The summed E-state index contributed by atoms with van der Waals surface area (Å²) in [5.41, 5.74) is 1.28. The minimum absolute atomic E-state index is 0.0867. The summed E-state index contributed by atoms with van der Waals surface area (Å²) in [4.78, 5) is 6.42. The molecular weight excluding hydrogens is 335 g/mol. The van der Waals surface area contributed by atoms with Crippen molar-refractivity contribution in [3.8, 4) is 0 Å². The van der Waals surface area contributed by atoms with Gasteiger partial charge in [-0.15, -0.1) is 0 Å². The highest BCUT2D eigenvalue weighted by molar-refractivity contribution is 5.57. The number of nitrogens with zero attached hydrogens (tertiary/aromatic N) is 3. The Morgan fingerprint density at radius 3 is 2.46 bits per heavy atom. The van der Waals surface area contributed by atoms with Gasteiger partial charge in [0, 0.05) is 24.7 Å². The van der Waals surface area contributed by atoms with Crippen LogP contribution in [0.25, 0.3) is 0 Å². The number of benzene rings is 1. The number of halogens is 1. The van der Waals surface area contributed by atoms with Crippen LogP contribution in [0.15, 0.2) is 22.7 Å². The van der Waals surface area contributed by atoms with E-state index in [9.17, 15) is 4.39 Å². The van der Waals surface area contributed by atoms with Crippen LogP contribution in [0.1, 0.15) is 58.3 Å². The summed E-state index contributed by atoms with van der Waals surface area (Å²) >= 11 is 0. The van der Waals surface area contributed by atoms with E-state index in [0.29, 0.717) is 36.2 Å². The normalized spacial score (nSPS) is 21.9. The molecule has 2 aromatic rings. The predicted molar refractivity (Wildman–Crippen MR) is 99.0 cm³/mol. The molecule has 1 saturated heterocycles. The molecule has 1 aromatic carbocycles. The third kappa shape index (κ3) is 4.15. The zero-order chi connectivity index (χ0) is 18.8. The molecule has 0 unspecified atom stereocenters. The Balaban J connectivity index is 1.70. The van der Waals surface area contributed by atoms with Crippen molar-refractivity contribution in [1.29, 1.82) is 0 Å². The zero-order valence-corrected chi connectivity index (χ0v) is 16.0. The van der Waals surface area contributed by atoms with Crippen molar-refractivity contribution in [2.45, 2.75) is 58.8 Å². The highest BCUT2D eigenvalue weighted by Crippen LogP contribution is 2.28. The molecule has 0 radical (unpaired) electrons. The van der Waals surface area contributed by atoms with Crippen LogP contribution in [0.4, 0.5) is 15.8 Å². The van der Waals surface area contributed by atoms with Gasteiger partial charge < -0.3 is 19.5 Å². The minimum atomic E-state index is -0.253. The maximum absolute atomic E-state index is 14.7. The number of anilines is 2. The van der Waals surface area contributed by atoms with E-state index in [1.807, 2.05) is 51.7 Å². The molecule has 3 atom stereocenters. The lowest BCUT2D eigenvalue weighted by atomic mass is 10.1. The van der Waals surface area contributed by atoms with Crippen molar-refractivity contribution in [3.05, 3.63) is 35.7 Å². The van der Waals surface area contributed by atoms with Gasteiger partial charge in [0.1, 0.15) is 11.9 Å². The van der Waals surface area contributed by atoms with Crippen LogP contribution in [0.5, 0.6) is 0 Å². The fourth-order valence-electron chi connectivity index (χ4n) is 3.20. The molecule has 2 heterocycles. The molecule has 0 spiro atoms. The number of ether oxygens (including phenoxy) is 1. The van der Waals surface area contributed by atoms with Crippen molar-refractivity contribution in [2.24, 2.45) is 0 Å². The van der Waals surface area contributed by atoms with E-state index in [1.165, 1.54) is 6.07 Å². The molecule has 0 bridgehead atoms. The highest BCUT2D eigenvalue weighted by atomic mass is 19.1. The van der Waals surface area contributed by atoms with Crippen molar-refractivity contribution in [1.82, 2.24) is 10.1 Å². The number of rotatable bonds is 5. The Kier molecular flexibility index (Phi) is 5.46.